The highest BCUT2D eigenvalue weighted by Crippen LogP contribution is 2.11. The summed E-state index contributed by atoms with van der Waals surface area (Å²) in [6.07, 6.45) is 4.39. The number of aromatic amines is 1. The van der Waals surface area contributed by atoms with E-state index in [2.05, 4.69) is 34.1 Å². The molecule has 0 radical (unpaired) electrons. The van der Waals surface area contributed by atoms with Crippen LogP contribution in [0.3, 0.4) is 0 Å². The Morgan fingerprint density at radius 3 is 2.71 bits per heavy atom. The average Bonchev–Trinajstić information content (AvgIpc) is 2.90. The van der Waals surface area contributed by atoms with Crippen LogP contribution in [0.25, 0.3) is 0 Å². The molecule has 1 amide bonds. The summed E-state index contributed by atoms with van der Waals surface area (Å²) < 4.78 is 13.1. The second kappa shape index (κ2) is 8.11. The highest BCUT2D eigenvalue weighted by molar-refractivity contribution is 5.92. The zero-order valence-electron chi connectivity index (χ0n) is 13.9. The number of aryl methyl sites for hydroxylation is 1. The Balaban J connectivity index is 1.45. The highest BCUT2D eigenvalue weighted by Gasteiger charge is 2.21. The standard InChI is InChI=1S/C19H24FN3O/c20-17-14-18(21-15-17)19(24)23-11-5-10-22(12-13-23)9-4-8-16-6-2-1-3-7-16/h1-3,6-7,14-15,21H,4-5,8-13H2. The predicted octanol–water partition coefficient (Wildman–Crippen LogP) is 2.93. The number of hydrogen-bond acceptors (Lipinski definition) is 2. The van der Waals surface area contributed by atoms with E-state index in [-0.39, 0.29) is 5.91 Å². The highest BCUT2D eigenvalue weighted by atomic mass is 19.1. The molecular formula is C19H24FN3O. The van der Waals surface area contributed by atoms with Crippen LogP contribution in [0.2, 0.25) is 0 Å². The summed E-state index contributed by atoms with van der Waals surface area (Å²) in [7, 11) is 0. The van der Waals surface area contributed by atoms with E-state index in [1.165, 1.54) is 17.8 Å². The first-order valence-corrected chi connectivity index (χ1v) is 8.62. The number of carbonyl (C=O) groups excluding carboxylic acids is 1. The van der Waals surface area contributed by atoms with Crippen molar-refractivity contribution in [1.82, 2.24) is 14.8 Å². The van der Waals surface area contributed by atoms with Crippen LogP contribution in [0.5, 0.6) is 0 Å². The van der Waals surface area contributed by atoms with Crippen molar-refractivity contribution in [1.29, 1.82) is 0 Å². The van der Waals surface area contributed by atoms with Gasteiger partial charge in [0.2, 0.25) is 0 Å². The van der Waals surface area contributed by atoms with Crippen molar-refractivity contribution < 1.29 is 9.18 Å². The van der Waals surface area contributed by atoms with Gasteiger partial charge in [0.05, 0.1) is 0 Å². The number of amides is 1. The van der Waals surface area contributed by atoms with Gasteiger partial charge in [-0.25, -0.2) is 4.39 Å². The maximum Gasteiger partial charge on any atom is 0.270 e. The molecule has 2 heterocycles. The second-order valence-corrected chi connectivity index (χ2v) is 6.31. The molecule has 24 heavy (non-hydrogen) atoms. The molecule has 3 rings (SSSR count). The summed E-state index contributed by atoms with van der Waals surface area (Å²) in [5, 5.41) is 0. The van der Waals surface area contributed by atoms with E-state index >= 15 is 0 Å². The topological polar surface area (TPSA) is 39.3 Å². The Bertz CT molecular complexity index is 656. The van der Waals surface area contributed by atoms with E-state index in [1.807, 2.05) is 11.0 Å². The van der Waals surface area contributed by atoms with Crippen molar-refractivity contribution in [3.63, 3.8) is 0 Å². The Hall–Kier alpha value is -2.14. The molecule has 0 spiro atoms. The lowest BCUT2D eigenvalue weighted by Gasteiger charge is -2.21. The van der Waals surface area contributed by atoms with Gasteiger partial charge in [0.25, 0.3) is 5.91 Å². The van der Waals surface area contributed by atoms with Gasteiger partial charge in [-0.2, -0.15) is 0 Å². The molecule has 0 atom stereocenters. The van der Waals surface area contributed by atoms with Crippen molar-refractivity contribution in [3.05, 3.63) is 59.7 Å². The Morgan fingerprint density at radius 2 is 1.96 bits per heavy atom. The SMILES string of the molecule is O=C(c1cc(F)c[nH]1)N1CCCN(CCCc2ccccc2)CC1. The first-order chi connectivity index (χ1) is 11.7. The van der Waals surface area contributed by atoms with E-state index in [1.54, 1.807) is 0 Å². The molecule has 2 aromatic rings. The molecule has 1 aromatic carbocycles. The molecule has 1 aromatic heterocycles. The molecule has 0 saturated carbocycles. The lowest BCUT2D eigenvalue weighted by atomic mass is 10.1. The number of aromatic nitrogens is 1. The van der Waals surface area contributed by atoms with Crippen LogP contribution >= 0.6 is 0 Å². The number of nitrogens with zero attached hydrogens (tertiary/aromatic N) is 2. The third kappa shape index (κ3) is 4.45. The van der Waals surface area contributed by atoms with E-state index in [4.69, 9.17) is 0 Å². The van der Waals surface area contributed by atoms with Gasteiger partial charge in [0.1, 0.15) is 11.5 Å². The van der Waals surface area contributed by atoms with Crippen LogP contribution in [-0.4, -0.2) is 53.4 Å². The van der Waals surface area contributed by atoms with Crippen LogP contribution in [0.15, 0.2) is 42.6 Å². The van der Waals surface area contributed by atoms with Crippen LogP contribution in [-0.2, 0) is 6.42 Å². The lowest BCUT2D eigenvalue weighted by Crippen LogP contribution is -2.35. The minimum absolute atomic E-state index is 0.106. The third-order valence-electron chi connectivity index (χ3n) is 4.54. The van der Waals surface area contributed by atoms with Crippen molar-refractivity contribution in [2.45, 2.75) is 19.3 Å². The summed E-state index contributed by atoms with van der Waals surface area (Å²) in [5.41, 5.74) is 1.71. The first-order valence-electron chi connectivity index (χ1n) is 8.62. The van der Waals surface area contributed by atoms with Gasteiger partial charge in [-0.1, -0.05) is 30.3 Å². The number of benzene rings is 1. The van der Waals surface area contributed by atoms with E-state index in [0.717, 1.165) is 45.4 Å². The van der Waals surface area contributed by atoms with Gasteiger partial charge < -0.3 is 14.8 Å². The minimum Gasteiger partial charge on any atom is -0.355 e. The van der Waals surface area contributed by atoms with Gasteiger partial charge in [-0.3, -0.25) is 4.79 Å². The van der Waals surface area contributed by atoms with Crippen molar-refractivity contribution >= 4 is 5.91 Å². The van der Waals surface area contributed by atoms with E-state index in [0.29, 0.717) is 12.2 Å². The maximum absolute atomic E-state index is 13.1. The fraction of sp³-hybridized carbons (Fsp3) is 0.421. The van der Waals surface area contributed by atoms with Crippen LogP contribution in [0, 0.1) is 5.82 Å². The monoisotopic (exact) mass is 329 g/mol. The van der Waals surface area contributed by atoms with Crippen LogP contribution < -0.4 is 0 Å². The zero-order chi connectivity index (χ0) is 16.8. The fourth-order valence-electron chi connectivity index (χ4n) is 3.21. The smallest absolute Gasteiger partial charge is 0.270 e. The Labute approximate surface area is 142 Å². The number of hydrogen-bond donors (Lipinski definition) is 1. The molecule has 1 aliphatic rings. The van der Waals surface area contributed by atoms with Gasteiger partial charge in [-0.15, -0.1) is 0 Å². The molecule has 4 nitrogen and oxygen atoms in total. The quantitative estimate of drug-likeness (QED) is 0.916. The number of carbonyl (C=O) groups is 1. The summed E-state index contributed by atoms with van der Waals surface area (Å²) in [4.78, 5) is 19.3. The maximum atomic E-state index is 13.1. The number of halogens is 1. The number of rotatable bonds is 5. The van der Waals surface area contributed by atoms with E-state index < -0.39 is 5.82 Å². The van der Waals surface area contributed by atoms with Gasteiger partial charge in [0, 0.05) is 31.9 Å². The first kappa shape index (κ1) is 16.7. The van der Waals surface area contributed by atoms with Gasteiger partial charge >= 0.3 is 0 Å². The molecule has 0 aliphatic carbocycles. The largest absolute Gasteiger partial charge is 0.355 e. The lowest BCUT2D eigenvalue weighted by molar-refractivity contribution is 0.0756. The molecule has 1 fully saturated rings. The van der Waals surface area contributed by atoms with Crippen molar-refractivity contribution in [2.24, 2.45) is 0 Å². The van der Waals surface area contributed by atoms with Crippen LogP contribution in [0.1, 0.15) is 28.9 Å². The Morgan fingerprint density at radius 1 is 1.12 bits per heavy atom. The third-order valence-corrected chi connectivity index (χ3v) is 4.54. The van der Waals surface area contributed by atoms with E-state index in [9.17, 15) is 9.18 Å². The van der Waals surface area contributed by atoms with Crippen molar-refractivity contribution in [3.8, 4) is 0 Å². The second-order valence-electron chi connectivity index (χ2n) is 6.31. The molecule has 1 saturated heterocycles. The molecule has 128 valence electrons. The zero-order valence-corrected chi connectivity index (χ0v) is 13.9. The molecular weight excluding hydrogens is 305 g/mol. The summed E-state index contributed by atoms with van der Waals surface area (Å²) in [6, 6.07) is 11.8. The molecule has 1 aliphatic heterocycles. The van der Waals surface area contributed by atoms with Crippen LogP contribution in [0.4, 0.5) is 4.39 Å². The van der Waals surface area contributed by atoms with Crippen molar-refractivity contribution in [2.75, 3.05) is 32.7 Å². The molecule has 1 N–H and O–H groups in total. The summed E-state index contributed by atoms with van der Waals surface area (Å²) in [6.45, 7) is 4.37. The summed E-state index contributed by atoms with van der Waals surface area (Å²) >= 11 is 0. The normalized spacial score (nSPS) is 16.1. The molecule has 0 unspecified atom stereocenters. The summed E-state index contributed by atoms with van der Waals surface area (Å²) in [5.74, 6) is -0.499. The predicted molar refractivity (Wildman–Crippen MR) is 92.5 cm³/mol. The Kier molecular flexibility index (Phi) is 5.64. The number of nitrogens with one attached hydrogen (secondary N) is 1. The fourth-order valence-corrected chi connectivity index (χ4v) is 3.21. The molecule has 5 heteroatoms. The number of H-pyrrole nitrogens is 1. The van der Waals surface area contributed by atoms with Gasteiger partial charge in [-0.05, 0) is 37.9 Å². The van der Waals surface area contributed by atoms with Gasteiger partial charge in [0.15, 0.2) is 0 Å². The average molecular weight is 329 g/mol. The minimum atomic E-state index is -0.393. The molecule has 0 bridgehead atoms.